The standard InChI is InChI=1S/C22H23F3N4O4S/c1-6-10(2)7-14-16(15-12(24)8-11(23)9-13(15)25)18(17(19(30)32-3)20(31)33-4)26-21-27-22(34-5)28-29(14)21/h8-10,17H,6-7H2,1-5H3. The molecule has 0 aliphatic carbocycles. The van der Waals surface area contributed by atoms with Crippen LogP contribution < -0.4 is 0 Å². The Morgan fingerprint density at radius 1 is 1.06 bits per heavy atom. The molecule has 0 aliphatic heterocycles. The molecule has 3 rings (SSSR count). The zero-order valence-corrected chi connectivity index (χ0v) is 20.0. The quantitative estimate of drug-likeness (QED) is 0.263. The molecule has 0 saturated heterocycles. The molecule has 0 fully saturated rings. The van der Waals surface area contributed by atoms with Gasteiger partial charge >= 0.3 is 11.9 Å². The van der Waals surface area contributed by atoms with Gasteiger partial charge in [-0.1, -0.05) is 32.0 Å². The Hall–Kier alpha value is -3.15. The summed E-state index contributed by atoms with van der Waals surface area (Å²) in [5.41, 5.74) is -0.928. The monoisotopic (exact) mass is 496 g/mol. The predicted molar refractivity (Wildman–Crippen MR) is 118 cm³/mol. The van der Waals surface area contributed by atoms with E-state index in [-0.39, 0.29) is 35.1 Å². The summed E-state index contributed by atoms with van der Waals surface area (Å²) in [7, 11) is 2.11. The molecule has 3 aromatic rings. The molecule has 0 bridgehead atoms. The van der Waals surface area contributed by atoms with Crippen molar-refractivity contribution >= 4 is 29.5 Å². The topological polar surface area (TPSA) is 95.7 Å². The van der Waals surface area contributed by atoms with Crippen molar-refractivity contribution in [3.63, 3.8) is 0 Å². The molecule has 182 valence electrons. The van der Waals surface area contributed by atoms with Gasteiger partial charge in [0.15, 0.2) is 5.92 Å². The molecule has 1 unspecified atom stereocenters. The van der Waals surface area contributed by atoms with Crippen LogP contribution in [-0.4, -0.2) is 52.0 Å². The van der Waals surface area contributed by atoms with Crippen LogP contribution in [0.2, 0.25) is 0 Å². The van der Waals surface area contributed by atoms with Crippen molar-refractivity contribution in [2.45, 2.75) is 37.8 Å². The Balaban J connectivity index is 2.55. The first-order valence-corrected chi connectivity index (χ1v) is 11.5. The second kappa shape index (κ2) is 10.4. The number of benzene rings is 1. The van der Waals surface area contributed by atoms with Gasteiger partial charge in [-0.15, -0.1) is 5.10 Å². The molecular weight excluding hydrogens is 473 g/mol. The van der Waals surface area contributed by atoms with Crippen LogP contribution in [0.3, 0.4) is 0 Å². The summed E-state index contributed by atoms with van der Waals surface area (Å²) >= 11 is 1.21. The maximum Gasteiger partial charge on any atom is 0.326 e. The number of thioether (sulfide) groups is 1. The summed E-state index contributed by atoms with van der Waals surface area (Å²) in [4.78, 5) is 33.9. The van der Waals surface area contributed by atoms with E-state index in [1.807, 2.05) is 13.8 Å². The SMILES string of the molecule is CCC(C)Cc1c(-c2c(F)cc(F)cc2F)c(C(C(=O)OC)C(=O)OC)nc2nc(SC)nn12. The largest absolute Gasteiger partial charge is 0.468 e. The zero-order valence-electron chi connectivity index (χ0n) is 19.2. The molecule has 0 amide bonds. The normalized spacial score (nSPS) is 12.3. The first kappa shape index (κ1) is 25.5. The smallest absolute Gasteiger partial charge is 0.326 e. The van der Waals surface area contributed by atoms with Crippen LogP contribution in [0.5, 0.6) is 0 Å². The number of carbonyl (C=O) groups is 2. The van der Waals surface area contributed by atoms with Gasteiger partial charge in [-0.3, -0.25) is 9.59 Å². The number of nitrogens with zero attached hydrogens (tertiary/aromatic N) is 4. The van der Waals surface area contributed by atoms with Gasteiger partial charge in [0.05, 0.1) is 31.2 Å². The molecule has 0 spiro atoms. The lowest BCUT2D eigenvalue weighted by Crippen LogP contribution is -2.27. The molecule has 2 aromatic heterocycles. The van der Waals surface area contributed by atoms with Crippen LogP contribution in [0.1, 0.15) is 37.6 Å². The van der Waals surface area contributed by atoms with Gasteiger partial charge in [0, 0.05) is 17.7 Å². The molecule has 12 heteroatoms. The lowest BCUT2D eigenvalue weighted by molar-refractivity contribution is -0.154. The number of fused-ring (bicyclic) bond motifs is 1. The summed E-state index contributed by atoms with van der Waals surface area (Å²) in [6, 6.07) is 1.03. The Kier molecular flexibility index (Phi) is 7.80. The maximum absolute atomic E-state index is 15.1. The number of hydrogen-bond acceptors (Lipinski definition) is 8. The van der Waals surface area contributed by atoms with Gasteiger partial charge in [0.2, 0.25) is 5.16 Å². The van der Waals surface area contributed by atoms with Crippen LogP contribution >= 0.6 is 11.8 Å². The van der Waals surface area contributed by atoms with Crippen molar-refractivity contribution in [2.75, 3.05) is 20.5 Å². The maximum atomic E-state index is 15.1. The third kappa shape index (κ3) is 4.72. The van der Waals surface area contributed by atoms with Crippen molar-refractivity contribution < 1.29 is 32.2 Å². The van der Waals surface area contributed by atoms with Crippen LogP contribution in [0.4, 0.5) is 13.2 Å². The van der Waals surface area contributed by atoms with E-state index in [1.54, 1.807) is 6.26 Å². The average Bonchev–Trinajstić information content (AvgIpc) is 3.22. The van der Waals surface area contributed by atoms with Crippen molar-refractivity contribution in [2.24, 2.45) is 5.92 Å². The summed E-state index contributed by atoms with van der Waals surface area (Å²) < 4.78 is 54.8. The van der Waals surface area contributed by atoms with E-state index in [4.69, 9.17) is 9.47 Å². The molecule has 0 saturated carbocycles. The Labute approximate surface area is 197 Å². The van der Waals surface area contributed by atoms with E-state index in [1.165, 1.54) is 16.3 Å². The fraction of sp³-hybridized carbons (Fsp3) is 0.409. The highest BCUT2D eigenvalue weighted by Crippen LogP contribution is 2.38. The summed E-state index contributed by atoms with van der Waals surface area (Å²) in [6.45, 7) is 3.85. The number of carbonyl (C=O) groups excluding carboxylic acids is 2. The Morgan fingerprint density at radius 3 is 2.15 bits per heavy atom. The van der Waals surface area contributed by atoms with Crippen molar-refractivity contribution in [3.05, 3.63) is 41.0 Å². The van der Waals surface area contributed by atoms with Crippen LogP contribution in [-0.2, 0) is 25.5 Å². The number of methoxy groups -OCH3 is 2. The minimum atomic E-state index is -1.77. The number of esters is 2. The first-order chi connectivity index (χ1) is 16.2. The van der Waals surface area contributed by atoms with E-state index in [0.717, 1.165) is 14.2 Å². The molecule has 1 aromatic carbocycles. The second-order valence-electron chi connectivity index (χ2n) is 7.57. The highest BCUT2D eigenvalue weighted by atomic mass is 32.2. The molecule has 1 atom stereocenters. The minimum Gasteiger partial charge on any atom is -0.468 e. The molecule has 0 aliphatic rings. The minimum absolute atomic E-state index is 0.000374. The predicted octanol–water partition coefficient (Wildman–Crippen LogP) is 3.95. The van der Waals surface area contributed by atoms with Crippen LogP contribution in [0.15, 0.2) is 17.3 Å². The van der Waals surface area contributed by atoms with Gasteiger partial charge in [0.25, 0.3) is 5.78 Å². The van der Waals surface area contributed by atoms with E-state index < -0.39 is 40.9 Å². The molecule has 0 N–H and O–H groups in total. The number of halogens is 3. The number of ether oxygens (including phenoxy) is 2. The number of rotatable bonds is 8. The van der Waals surface area contributed by atoms with Crippen LogP contribution in [0, 0.1) is 23.4 Å². The highest BCUT2D eigenvalue weighted by Gasteiger charge is 2.38. The highest BCUT2D eigenvalue weighted by molar-refractivity contribution is 7.98. The average molecular weight is 497 g/mol. The van der Waals surface area contributed by atoms with Gasteiger partial charge in [-0.25, -0.2) is 18.2 Å². The molecular formula is C22H23F3N4O4S. The van der Waals surface area contributed by atoms with Crippen molar-refractivity contribution in [3.8, 4) is 11.1 Å². The Bertz CT molecular complexity index is 1210. The third-order valence-electron chi connectivity index (χ3n) is 5.42. The summed E-state index contributed by atoms with van der Waals surface area (Å²) in [5, 5.41) is 4.68. The van der Waals surface area contributed by atoms with Crippen molar-refractivity contribution in [1.82, 2.24) is 19.6 Å². The second-order valence-corrected chi connectivity index (χ2v) is 8.34. The first-order valence-electron chi connectivity index (χ1n) is 10.3. The molecule has 8 nitrogen and oxygen atoms in total. The van der Waals surface area contributed by atoms with E-state index in [2.05, 4.69) is 15.1 Å². The van der Waals surface area contributed by atoms with Gasteiger partial charge in [0.1, 0.15) is 17.5 Å². The number of aromatic nitrogens is 4. The molecule has 2 heterocycles. The Morgan fingerprint density at radius 2 is 1.65 bits per heavy atom. The van der Waals surface area contributed by atoms with E-state index >= 15 is 8.78 Å². The van der Waals surface area contributed by atoms with Gasteiger partial charge in [-0.05, 0) is 18.6 Å². The third-order valence-corrected chi connectivity index (χ3v) is 5.95. The number of hydrogen-bond donors (Lipinski definition) is 0. The molecule has 0 radical (unpaired) electrons. The fourth-order valence-corrected chi connectivity index (χ4v) is 3.86. The molecule has 34 heavy (non-hydrogen) atoms. The van der Waals surface area contributed by atoms with Gasteiger partial charge < -0.3 is 9.47 Å². The lowest BCUT2D eigenvalue weighted by Gasteiger charge is -2.21. The van der Waals surface area contributed by atoms with Crippen LogP contribution in [0.25, 0.3) is 16.9 Å². The van der Waals surface area contributed by atoms with Gasteiger partial charge in [-0.2, -0.15) is 9.50 Å². The summed E-state index contributed by atoms with van der Waals surface area (Å²) in [6.07, 6.45) is 2.67. The lowest BCUT2D eigenvalue weighted by atomic mass is 9.89. The van der Waals surface area contributed by atoms with E-state index in [0.29, 0.717) is 23.7 Å². The van der Waals surface area contributed by atoms with Crippen molar-refractivity contribution in [1.29, 1.82) is 0 Å². The summed E-state index contributed by atoms with van der Waals surface area (Å²) in [5.74, 6) is -7.45. The van der Waals surface area contributed by atoms with E-state index in [9.17, 15) is 14.0 Å². The zero-order chi connectivity index (χ0) is 25.2. The fourth-order valence-electron chi connectivity index (χ4n) is 3.52.